The quantitative estimate of drug-likeness (QED) is 0.798. The van der Waals surface area contributed by atoms with E-state index >= 15 is 0 Å². The lowest BCUT2D eigenvalue weighted by atomic mass is 9.86. The van der Waals surface area contributed by atoms with Crippen molar-refractivity contribution in [1.82, 2.24) is 5.32 Å². The van der Waals surface area contributed by atoms with Crippen LogP contribution in [0, 0.1) is 19.8 Å². The fourth-order valence-electron chi connectivity index (χ4n) is 3.26. The van der Waals surface area contributed by atoms with Crippen LogP contribution in [0.5, 0.6) is 0 Å². The van der Waals surface area contributed by atoms with Crippen molar-refractivity contribution >= 4 is 28.7 Å². The van der Waals surface area contributed by atoms with E-state index < -0.39 is 5.97 Å². The number of hydrogen-bond acceptors (Lipinski definition) is 3. The van der Waals surface area contributed by atoms with Crippen molar-refractivity contribution in [2.75, 3.05) is 5.32 Å². The fraction of sp³-hybridized carbons (Fsp3) is 0.444. The van der Waals surface area contributed by atoms with E-state index in [0.29, 0.717) is 31.4 Å². The van der Waals surface area contributed by atoms with Gasteiger partial charge in [-0.1, -0.05) is 0 Å². The van der Waals surface area contributed by atoms with Crippen LogP contribution < -0.4 is 10.6 Å². The maximum atomic E-state index is 12.2. The molecule has 0 bridgehead atoms. The number of carboxylic acids is 1. The molecule has 1 aliphatic carbocycles. The van der Waals surface area contributed by atoms with Crippen LogP contribution in [0.3, 0.4) is 0 Å². The summed E-state index contributed by atoms with van der Waals surface area (Å²) < 4.78 is 5.63. The molecule has 3 N–H and O–H groups in total. The molecule has 3 rings (SSSR count). The molecule has 1 aliphatic rings. The van der Waals surface area contributed by atoms with Crippen LogP contribution in [0.15, 0.2) is 22.6 Å². The highest BCUT2D eigenvalue weighted by Crippen LogP contribution is 2.27. The number of hydrogen-bond donors (Lipinski definition) is 3. The van der Waals surface area contributed by atoms with Crippen molar-refractivity contribution in [3.63, 3.8) is 0 Å². The van der Waals surface area contributed by atoms with Gasteiger partial charge in [0.25, 0.3) is 0 Å². The number of urea groups is 1. The highest BCUT2D eigenvalue weighted by atomic mass is 16.4. The lowest BCUT2D eigenvalue weighted by molar-refractivity contribution is -0.142. The van der Waals surface area contributed by atoms with E-state index in [0.717, 1.165) is 22.3 Å². The van der Waals surface area contributed by atoms with Crippen LogP contribution in [-0.2, 0) is 4.79 Å². The van der Waals surface area contributed by atoms with E-state index in [1.807, 2.05) is 32.0 Å². The molecule has 2 amide bonds. The summed E-state index contributed by atoms with van der Waals surface area (Å²) in [6.45, 7) is 3.91. The number of carbonyl (C=O) groups excluding carboxylic acids is 1. The molecule has 0 aliphatic heterocycles. The zero-order valence-electron chi connectivity index (χ0n) is 13.9. The van der Waals surface area contributed by atoms with E-state index in [9.17, 15) is 9.59 Å². The Morgan fingerprint density at radius 2 is 1.88 bits per heavy atom. The van der Waals surface area contributed by atoms with Gasteiger partial charge in [-0.05, 0) is 63.3 Å². The van der Waals surface area contributed by atoms with Crippen molar-refractivity contribution in [2.24, 2.45) is 5.92 Å². The highest BCUT2D eigenvalue weighted by Gasteiger charge is 2.26. The zero-order chi connectivity index (χ0) is 17.3. The minimum Gasteiger partial charge on any atom is -0.481 e. The standard InChI is InChI=1S/C18H22N2O4/c1-10-11(2)24-16-8-7-14(9-15(10)16)20-18(23)19-13-5-3-12(4-6-13)17(21)22/h7-9,12-13H,3-6H2,1-2H3,(H,21,22)(H2,19,20,23). The highest BCUT2D eigenvalue weighted by molar-refractivity contribution is 5.93. The molecule has 1 saturated carbocycles. The van der Waals surface area contributed by atoms with Crippen LogP contribution >= 0.6 is 0 Å². The summed E-state index contributed by atoms with van der Waals surface area (Å²) in [4.78, 5) is 23.1. The molecule has 1 aromatic heterocycles. The molecule has 1 aromatic carbocycles. The molecule has 6 heteroatoms. The maximum Gasteiger partial charge on any atom is 0.319 e. The average Bonchev–Trinajstić information content (AvgIpc) is 2.82. The Balaban J connectivity index is 1.59. The Kier molecular flexibility index (Phi) is 4.46. The number of anilines is 1. The minimum absolute atomic E-state index is 0.0298. The minimum atomic E-state index is -0.739. The second-order valence-corrected chi connectivity index (χ2v) is 6.48. The second-order valence-electron chi connectivity index (χ2n) is 6.48. The Morgan fingerprint density at radius 1 is 1.17 bits per heavy atom. The molecule has 1 heterocycles. The van der Waals surface area contributed by atoms with E-state index in [1.165, 1.54) is 0 Å². The number of carboxylic acid groups (broad SMARTS) is 1. The van der Waals surface area contributed by atoms with Gasteiger partial charge in [0.2, 0.25) is 0 Å². The van der Waals surface area contributed by atoms with Crippen molar-refractivity contribution in [1.29, 1.82) is 0 Å². The summed E-state index contributed by atoms with van der Waals surface area (Å²) in [6.07, 6.45) is 2.62. The number of fused-ring (bicyclic) bond motifs is 1. The lowest BCUT2D eigenvalue weighted by Gasteiger charge is -2.26. The number of aliphatic carboxylic acids is 1. The van der Waals surface area contributed by atoms with Gasteiger partial charge in [-0.15, -0.1) is 0 Å². The van der Waals surface area contributed by atoms with Gasteiger partial charge in [0.1, 0.15) is 11.3 Å². The number of rotatable bonds is 3. The Morgan fingerprint density at radius 3 is 2.54 bits per heavy atom. The van der Waals surface area contributed by atoms with Gasteiger partial charge < -0.3 is 20.2 Å². The van der Waals surface area contributed by atoms with Gasteiger partial charge >= 0.3 is 12.0 Å². The van der Waals surface area contributed by atoms with E-state index in [1.54, 1.807) is 0 Å². The number of amides is 2. The molecule has 0 atom stereocenters. The summed E-state index contributed by atoms with van der Waals surface area (Å²) in [7, 11) is 0. The van der Waals surface area contributed by atoms with Gasteiger partial charge in [-0.25, -0.2) is 4.79 Å². The molecule has 128 valence electrons. The van der Waals surface area contributed by atoms with Crippen molar-refractivity contribution in [3.8, 4) is 0 Å². The monoisotopic (exact) mass is 330 g/mol. The predicted molar refractivity (Wildman–Crippen MR) is 91.2 cm³/mol. The first-order valence-electron chi connectivity index (χ1n) is 8.24. The number of benzene rings is 1. The fourth-order valence-corrected chi connectivity index (χ4v) is 3.26. The van der Waals surface area contributed by atoms with Gasteiger partial charge in [-0.3, -0.25) is 4.79 Å². The molecule has 0 unspecified atom stereocenters. The van der Waals surface area contributed by atoms with E-state index in [-0.39, 0.29) is 18.0 Å². The lowest BCUT2D eigenvalue weighted by Crippen LogP contribution is -2.40. The van der Waals surface area contributed by atoms with E-state index in [4.69, 9.17) is 9.52 Å². The number of carbonyl (C=O) groups is 2. The van der Waals surface area contributed by atoms with Gasteiger partial charge in [0, 0.05) is 17.1 Å². The largest absolute Gasteiger partial charge is 0.481 e. The van der Waals surface area contributed by atoms with Gasteiger partial charge in [-0.2, -0.15) is 0 Å². The van der Waals surface area contributed by atoms with Crippen LogP contribution in [0.2, 0.25) is 0 Å². The summed E-state index contributed by atoms with van der Waals surface area (Å²) in [5.41, 5.74) is 2.59. The van der Waals surface area contributed by atoms with Gasteiger partial charge in [0.15, 0.2) is 0 Å². The third kappa shape index (κ3) is 3.37. The van der Waals surface area contributed by atoms with Crippen molar-refractivity contribution < 1.29 is 19.1 Å². The Bertz CT molecular complexity index is 773. The average molecular weight is 330 g/mol. The molecule has 0 saturated heterocycles. The van der Waals surface area contributed by atoms with Crippen LogP contribution in [0.1, 0.15) is 37.0 Å². The topological polar surface area (TPSA) is 91.6 Å². The molecule has 0 spiro atoms. The number of aryl methyl sites for hydroxylation is 2. The first-order chi connectivity index (χ1) is 11.4. The smallest absolute Gasteiger partial charge is 0.319 e. The van der Waals surface area contributed by atoms with Gasteiger partial charge in [0.05, 0.1) is 5.92 Å². The molecular weight excluding hydrogens is 308 g/mol. The molecule has 6 nitrogen and oxygen atoms in total. The van der Waals surface area contributed by atoms with Crippen molar-refractivity contribution in [2.45, 2.75) is 45.6 Å². The van der Waals surface area contributed by atoms with Crippen LogP contribution in [0.4, 0.5) is 10.5 Å². The summed E-state index contributed by atoms with van der Waals surface area (Å²) >= 11 is 0. The second kappa shape index (κ2) is 6.55. The molecule has 1 fully saturated rings. The van der Waals surface area contributed by atoms with Crippen LogP contribution in [0.25, 0.3) is 11.0 Å². The normalized spacial score (nSPS) is 20.8. The summed E-state index contributed by atoms with van der Waals surface area (Å²) in [5.74, 6) is -0.139. The van der Waals surface area contributed by atoms with E-state index in [2.05, 4.69) is 10.6 Å². The van der Waals surface area contributed by atoms with Crippen LogP contribution in [-0.4, -0.2) is 23.1 Å². The molecule has 24 heavy (non-hydrogen) atoms. The number of nitrogens with one attached hydrogen (secondary N) is 2. The van der Waals surface area contributed by atoms with Crippen molar-refractivity contribution in [3.05, 3.63) is 29.5 Å². The predicted octanol–water partition coefficient (Wildman–Crippen LogP) is 3.81. The Hall–Kier alpha value is -2.50. The first-order valence-corrected chi connectivity index (χ1v) is 8.24. The Labute approximate surface area is 140 Å². The molecular formula is C18H22N2O4. The summed E-state index contributed by atoms with van der Waals surface area (Å²) in [5, 5.41) is 15.8. The third-order valence-electron chi connectivity index (χ3n) is 4.84. The summed E-state index contributed by atoms with van der Waals surface area (Å²) in [6, 6.07) is 5.34. The SMILES string of the molecule is Cc1oc2ccc(NC(=O)NC3CCC(C(=O)O)CC3)cc2c1C. The third-order valence-corrected chi connectivity index (χ3v) is 4.84. The maximum absolute atomic E-state index is 12.2. The molecule has 0 radical (unpaired) electrons. The number of furan rings is 1. The molecule has 2 aromatic rings. The zero-order valence-corrected chi connectivity index (χ0v) is 13.9. The first kappa shape index (κ1) is 16.4.